The zero-order chi connectivity index (χ0) is 19.1. The topological polar surface area (TPSA) is 125 Å². The van der Waals surface area contributed by atoms with Crippen LogP contribution in [0.15, 0.2) is 40.1 Å². The number of amides is 2. The van der Waals surface area contributed by atoms with Crippen molar-refractivity contribution in [3.8, 4) is 16.9 Å². The van der Waals surface area contributed by atoms with Gasteiger partial charge in [0, 0.05) is 18.4 Å². The lowest BCUT2D eigenvalue weighted by molar-refractivity contribution is -0.119. The van der Waals surface area contributed by atoms with E-state index >= 15 is 0 Å². The summed E-state index contributed by atoms with van der Waals surface area (Å²) in [6, 6.07) is 7.94. The number of hydrogen-bond acceptors (Lipinski definition) is 6. The average Bonchev–Trinajstić information content (AvgIpc) is 3.17. The number of carbonyl (C=O) groups excluding carboxylic acids is 2. The van der Waals surface area contributed by atoms with Gasteiger partial charge in [-0.2, -0.15) is 0 Å². The number of fused-ring (bicyclic) bond motifs is 1. The Balaban J connectivity index is 2.02. The van der Waals surface area contributed by atoms with Gasteiger partial charge in [0.2, 0.25) is 15.7 Å². The maximum Gasteiger partial charge on any atom is 0.252 e. The molecule has 0 aliphatic carbocycles. The number of anilines is 1. The summed E-state index contributed by atoms with van der Waals surface area (Å²) in [5, 5.41) is 2.64. The second-order valence-corrected chi connectivity index (χ2v) is 7.41. The van der Waals surface area contributed by atoms with E-state index in [0.717, 1.165) is 0 Å². The van der Waals surface area contributed by atoms with E-state index in [4.69, 9.17) is 15.2 Å². The van der Waals surface area contributed by atoms with Gasteiger partial charge in [-0.15, -0.1) is 0 Å². The predicted molar refractivity (Wildman–Crippen MR) is 92.9 cm³/mol. The Morgan fingerprint density at radius 1 is 1.12 bits per heavy atom. The van der Waals surface area contributed by atoms with Gasteiger partial charge in [0.1, 0.15) is 16.4 Å². The number of primary amides is 1. The van der Waals surface area contributed by atoms with Crippen LogP contribution in [0.5, 0.6) is 5.75 Å². The third kappa shape index (κ3) is 2.91. The maximum atomic E-state index is 12.3. The van der Waals surface area contributed by atoms with Gasteiger partial charge in [-0.05, 0) is 23.8 Å². The summed E-state index contributed by atoms with van der Waals surface area (Å²) in [6.07, 6.45) is 0. The highest BCUT2D eigenvalue weighted by molar-refractivity contribution is 7.97. The zero-order valence-corrected chi connectivity index (χ0v) is 14.8. The Bertz CT molecular complexity index is 1010. The van der Waals surface area contributed by atoms with E-state index in [9.17, 15) is 18.0 Å². The van der Waals surface area contributed by atoms with Crippen LogP contribution in [0.2, 0.25) is 0 Å². The Labute approximate surface area is 149 Å². The summed E-state index contributed by atoms with van der Waals surface area (Å²) < 4.78 is 34.3. The van der Waals surface area contributed by atoms with Gasteiger partial charge < -0.3 is 20.5 Å². The van der Waals surface area contributed by atoms with E-state index in [-0.39, 0.29) is 33.6 Å². The first-order chi connectivity index (χ1) is 12.3. The highest BCUT2D eigenvalue weighted by atomic mass is 32.2. The number of methoxy groups -OCH3 is 2. The molecule has 0 aromatic heterocycles. The van der Waals surface area contributed by atoms with Crippen LogP contribution in [-0.2, 0) is 19.4 Å². The second-order valence-electron chi connectivity index (χ2n) is 5.59. The fraction of sp³-hybridized carbons (Fsp3) is 0.176. The number of nitrogens with two attached hydrogens (primary N) is 1. The van der Waals surface area contributed by atoms with Gasteiger partial charge in [0.25, 0.3) is 5.91 Å². The van der Waals surface area contributed by atoms with Crippen molar-refractivity contribution in [3.05, 3.63) is 35.9 Å². The summed E-state index contributed by atoms with van der Waals surface area (Å²) >= 11 is 0. The maximum absolute atomic E-state index is 12.3. The lowest BCUT2D eigenvalue weighted by Crippen LogP contribution is -2.16. The van der Waals surface area contributed by atoms with Crippen molar-refractivity contribution < 1.29 is 27.5 Å². The van der Waals surface area contributed by atoms with Crippen LogP contribution in [0.1, 0.15) is 10.4 Å². The smallest absolute Gasteiger partial charge is 0.252 e. The second kappa shape index (κ2) is 6.43. The molecule has 1 heterocycles. The number of sulfone groups is 1. The molecule has 0 radical (unpaired) electrons. The third-order valence-corrected chi connectivity index (χ3v) is 5.60. The van der Waals surface area contributed by atoms with E-state index in [2.05, 4.69) is 5.32 Å². The first kappa shape index (κ1) is 17.9. The van der Waals surface area contributed by atoms with E-state index < -0.39 is 15.7 Å². The standard InChI is InChI=1S/C17H16N2O6S/c1-24-8-13(20)19-10-5-3-9(4-6-10)11-7-12(17(18)21)14(25-2)16-15(11)26(16,22)23/h3-7H,8H2,1-2H3,(H2,18,21)(H,19,20). The molecule has 2 aromatic rings. The fourth-order valence-electron chi connectivity index (χ4n) is 2.75. The molecule has 136 valence electrons. The Morgan fingerprint density at radius 3 is 2.31 bits per heavy atom. The molecule has 0 saturated heterocycles. The molecule has 26 heavy (non-hydrogen) atoms. The van der Waals surface area contributed by atoms with Gasteiger partial charge >= 0.3 is 0 Å². The van der Waals surface area contributed by atoms with E-state index in [0.29, 0.717) is 16.8 Å². The average molecular weight is 376 g/mol. The molecule has 0 saturated carbocycles. The molecule has 3 N–H and O–H groups in total. The van der Waals surface area contributed by atoms with Gasteiger partial charge in [-0.3, -0.25) is 9.59 Å². The quantitative estimate of drug-likeness (QED) is 0.623. The molecule has 0 unspecified atom stereocenters. The minimum Gasteiger partial charge on any atom is -0.494 e. The molecule has 0 fully saturated rings. The Hall–Kier alpha value is -2.91. The minimum atomic E-state index is -3.61. The molecule has 0 spiro atoms. The van der Waals surface area contributed by atoms with Crippen LogP contribution in [0, 0.1) is 0 Å². The van der Waals surface area contributed by atoms with Gasteiger partial charge in [-0.1, -0.05) is 12.1 Å². The first-order valence-corrected chi connectivity index (χ1v) is 8.98. The van der Waals surface area contributed by atoms with Gasteiger partial charge in [0.05, 0.1) is 12.7 Å². The molecule has 3 rings (SSSR count). The van der Waals surface area contributed by atoms with Crippen LogP contribution in [0.4, 0.5) is 5.69 Å². The van der Waals surface area contributed by atoms with Gasteiger partial charge in [-0.25, -0.2) is 8.42 Å². The number of benzene rings is 2. The van der Waals surface area contributed by atoms with E-state index in [1.54, 1.807) is 24.3 Å². The fourth-order valence-corrected chi connectivity index (χ4v) is 4.44. The Morgan fingerprint density at radius 2 is 1.77 bits per heavy atom. The van der Waals surface area contributed by atoms with Crippen LogP contribution < -0.4 is 15.8 Å². The molecule has 1 aliphatic heterocycles. The molecule has 2 aromatic carbocycles. The van der Waals surface area contributed by atoms with Crippen LogP contribution in [0.3, 0.4) is 0 Å². The first-order valence-electron chi connectivity index (χ1n) is 7.50. The van der Waals surface area contributed by atoms with Crippen molar-refractivity contribution in [2.24, 2.45) is 5.73 Å². The summed E-state index contributed by atoms with van der Waals surface area (Å²) in [5.41, 5.74) is 6.81. The normalized spacial score (nSPS) is 13.6. The highest BCUT2D eigenvalue weighted by Gasteiger charge is 2.48. The molecule has 9 heteroatoms. The lowest BCUT2D eigenvalue weighted by Gasteiger charge is -2.08. The molecular formula is C17H16N2O6S. The number of hydrogen-bond donors (Lipinski definition) is 2. The molecule has 1 aliphatic rings. The van der Waals surface area contributed by atoms with Gasteiger partial charge in [0.15, 0.2) is 5.75 Å². The summed E-state index contributed by atoms with van der Waals surface area (Å²) in [7, 11) is -0.910. The zero-order valence-electron chi connectivity index (χ0n) is 14.0. The molecular weight excluding hydrogens is 360 g/mol. The molecule has 0 bridgehead atoms. The lowest BCUT2D eigenvalue weighted by atomic mass is 10.0. The predicted octanol–water partition coefficient (Wildman–Crippen LogP) is 1.19. The van der Waals surface area contributed by atoms with Crippen molar-refractivity contribution in [2.45, 2.75) is 9.79 Å². The number of rotatable bonds is 6. The summed E-state index contributed by atoms with van der Waals surface area (Å²) in [6.45, 7) is -0.0754. The monoisotopic (exact) mass is 376 g/mol. The van der Waals surface area contributed by atoms with Crippen molar-refractivity contribution in [1.82, 2.24) is 0 Å². The summed E-state index contributed by atoms with van der Waals surface area (Å²) in [4.78, 5) is 23.3. The number of ether oxygens (including phenoxy) is 2. The highest BCUT2D eigenvalue weighted by Crippen LogP contribution is 2.54. The van der Waals surface area contributed by atoms with Crippen LogP contribution >= 0.6 is 0 Å². The third-order valence-electron chi connectivity index (χ3n) is 3.91. The molecule has 2 amide bonds. The van der Waals surface area contributed by atoms with Crippen molar-refractivity contribution in [1.29, 1.82) is 0 Å². The number of nitrogens with one attached hydrogen (secondary N) is 1. The largest absolute Gasteiger partial charge is 0.494 e. The molecule has 0 atom stereocenters. The van der Waals surface area contributed by atoms with Crippen molar-refractivity contribution in [2.75, 3.05) is 26.1 Å². The van der Waals surface area contributed by atoms with Crippen molar-refractivity contribution in [3.63, 3.8) is 0 Å². The molecule has 8 nitrogen and oxygen atoms in total. The van der Waals surface area contributed by atoms with E-state index in [1.165, 1.54) is 20.3 Å². The number of carbonyl (C=O) groups is 2. The van der Waals surface area contributed by atoms with Crippen LogP contribution in [-0.4, -0.2) is 41.1 Å². The minimum absolute atomic E-state index is 0.000186. The van der Waals surface area contributed by atoms with E-state index in [1.807, 2.05) is 0 Å². The summed E-state index contributed by atoms with van der Waals surface area (Å²) in [5.74, 6) is -1.12. The van der Waals surface area contributed by atoms with Crippen molar-refractivity contribution >= 4 is 27.3 Å². The van der Waals surface area contributed by atoms with Crippen LogP contribution in [0.25, 0.3) is 11.1 Å². The Kier molecular flexibility index (Phi) is 4.43. The SMILES string of the molecule is COCC(=O)Nc1ccc(-c2cc(C(N)=O)c(OC)c3c2S3(=O)=O)cc1.